The van der Waals surface area contributed by atoms with Crippen LogP contribution in [0, 0.1) is 0 Å². The lowest BCUT2D eigenvalue weighted by atomic mass is 9.99. The zero-order chi connectivity index (χ0) is 14.5. The lowest BCUT2D eigenvalue weighted by molar-refractivity contribution is 0.356. The lowest BCUT2D eigenvalue weighted by Gasteiger charge is -2.15. The highest BCUT2D eigenvalue weighted by atomic mass is 16.5. The first kappa shape index (κ1) is 14.4. The molecule has 0 bridgehead atoms. The minimum absolute atomic E-state index is 0.312. The summed E-state index contributed by atoms with van der Waals surface area (Å²) in [6.45, 7) is 2.14. The second kappa shape index (κ2) is 6.44. The average Bonchev–Trinajstić information content (AvgIpc) is 2.53. The van der Waals surface area contributed by atoms with Crippen LogP contribution in [0.25, 0.3) is 11.1 Å². The molecule has 2 aromatic carbocycles. The molecule has 0 heterocycles. The second-order valence-electron chi connectivity index (χ2n) is 4.68. The normalized spacial score (nSPS) is 12.0. The standard InChI is InChI=1S/C17H21NO2/c1-12(18-2)13-7-5-8-14(11-13)15-9-6-10-16(19-3)17(15)20-4/h5-12,18H,1-4H3. The van der Waals surface area contributed by atoms with Crippen LogP contribution in [-0.4, -0.2) is 21.3 Å². The minimum atomic E-state index is 0.312. The summed E-state index contributed by atoms with van der Waals surface area (Å²) in [5.74, 6) is 1.52. The van der Waals surface area contributed by atoms with E-state index in [4.69, 9.17) is 9.47 Å². The molecule has 0 aromatic heterocycles. The molecule has 106 valence electrons. The van der Waals surface area contributed by atoms with Gasteiger partial charge in [0, 0.05) is 11.6 Å². The Morgan fingerprint density at radius 3 is 2.40 bits per heavy atom. The van der Waals surface area contributed by atoms with E-state index in [9.17, 15) is 0 Å². The number of ether oxygens (including phenoxy) is 2. The van der Waals surface area contributed by atoms with Crippen molar-refractivity contribution in [2.24, 2.45) is 0 Å². The minimum Gasteiger partial charge on any atom is -0.493 e. The highest BCUT2D eigenvalue weighted by Crippen LogP contribution is 2.38. The van der Waals surface area contributed by atoms with Gasteiger partial charge in [0.2, 0.25) is 0 Å². The van der Waals surface area contributed by atoms with E-state index in [0.29, 0.717) is 6.04 Å². The number of nitrogens with one attached hydrogen (secondary N) is 1. The highest BCUT2D eigenvalue weighted by molar-refractivity contribution is 5.74. The molecule has 0 spiro atoms. The molecule has 0 radical (unpaired) electrons. The fourth-order valence-corrected chi connectivity index (χ4v) is 2.26. The van der Waals surface area contributed by atoms with Crippen LogP contribution >= 0.6 is 0 Å². The van der Waals surface area contributed by atoms with Crippen LogP contribution in [0.2, 0.25) is 0 Å². The molecule has 0 fully saturated rings. The molecular formula is C17H21NO2. The van der Waals surface area contributed by atoms with E-state index in [1.54, 1.807) is 14.2 Å². The Balaban J connectivity index is 2.51. The first-order valence-corrected chi connectivity index (χ1v) is 6.69. The molecule has 2 rings (SSSR count). The number of para-hydroxylation sites is 1. The van der Waals surface area contributed by atoms with E-state index >= 15 is 0 Å². The summed E-state index contributed by atoms with van der Waals surface area (Å²) in [5, 5.41) is 3.26. The lowest BCUT2D eigenvalue weighted by Crippen LogP contribution is -2.12. The maximum atomic E-state index is 5.51. The van der Waals surface area contributed by atoms with Crippen LogP contribution in [0.4, 0.5) is 0 Å². The van der Waals surface area contributed by atoms with Crippen LogP contribution in [-0.2, 0) is 0 Å². The number of methoxy groups -OCH3 is 2. The van der Waals surface area contributed by atoms with Crippen molar-refractivity contribution in [1.82, 2.24) is 5.32 Å². The molecule has 1 unspecified atom stereocenters. The Morgan fingerprint density at radius 1 is 1.00 bits per heavy atom. The molecule has 1 N–H and O–H groups in total. The van der Waals surface area contributed by atoms with Gasteiger partial charge >= 0.3 is 0 Å². The van der Waals surface area contributed by atoms with E-state index in [-0.39, 0.29) is 0 Å². The fraction of sp³-hybridized carbons (Fsp3) is 0.294. The summed E-state index contributed by atoms with van der Waals surface area (Å²) in [6.07, 6.45) is 0. The molecule has 0 saturated heterocycles. The van der Waals surface area contributed by atoms with Gasteiger partial charge < -0.3 is 14.8 Å². The van der Waals surface area contributed by atoms with Gasteiger partial charge in [0.05, 0.1) is 14.2 Å². The monoisotopic (exact) mass is 271 g/mol. The Kier molecular flexibility index (Phi) is 4.64. The van der Waals surface area contributed by atoms with Gasteiger partial charge in [-0.25, -0.2) is 0 Å². The van der Waals surface area contributed by atoms with E-state index in [2.05, 4.69) is 36.5 Å². The number of rotatable bonds is 5. The predicted molar refractivity (Wildman–Crippen MR) is 82.5 cm³/mol. The average molecular weight is 271 g/mol. The zero-order valence-corrected chi connectivity index (χ0v) is 12.4. The van der Waals surface area contributed by atoms with Gasteiger partial charge in [0.1, 0.15) is 0 Å². The van der Waals surface area contributed by atoms with Crippen molar-refractivity contribution in [1.29, 1.82) is 0 Å². The molecule has 0 aliphatic carbocycles. The molecule has 3 nitrogen and oxygen atoms in total. The molecular weight excluding hydrogens is 250 g/mol. The molecule has 1 atom stereocenters. The molecule has 3 heteroatoms. The van der Waals surface area contributed by atoms with Crippen molar-refractivity contribution in [3.05, 3.63) is 48.0 Å². The summed E-state index contributed by atoms with van der Waals surface area (Å²) in [6, 6.07) is 14.7. The smallest absolute Gasteiger partial charge is 0.168 e. The van der Waals surface area contributed by atoms with Gasteiger partial charge in [-0.05, 0) is 37.2 Å². The maximum absolute atomic E-state index is 5.51. The quantitative estimate of drug-likeness (QED) is 0.900. The fourth-order valence-electron chi connectivity index (χ4n) is 2.26. The summed E-state index contributed by atoms with van der Waals surface area (Å²) >= 11 is 0. The van der Waals surface area contributed by atoms with Gasteiger partial charge in [-0.15, -0.1) is 0 Å². The van der Waals surface area contributed by atoms with Crippen LogP contribution < -0.4 is 14.8 Å². The van der Waals surface area contributed by atoms with Crippen LogP contribution in [0.1, 0.15) is 18.5 Å². The van der Waals surface area contributed by atoms with Crippen LogP contribution in [0.5, 0.6) is 11.5 Å². The van der Waals surface area contributed by atoms with E-state index < -0.39 is 0 Å². The summed E-state index contributed by atoms with van der Waals surface area (Å²) in [5.41, 5.74) is 3.41. The third-order valence-electron chi connectivity index (χ3n) is 3.53. The van der Waals surface area contributed by atoms with Gasteiger partial charge in [0.15, 0.2) is 11.5 Å². The molecule has 20 heavy (non-hydrogen) atoms. The van der Waals surface area contributed by atoms with Crippen molar-refractivity contribution >= 4 is 0 Å². The van der Waals surface area contributed by atoms with Crippen molar-refractivity contribution in [2.45, 2.75) is 13.0 Å². The molecule has 2 aromatic rings. The van der Waals surface area contributed by atoms with Gasteiger partial charge in [-0.2, -0.15) is 0 Å². The Labute approximate surface area is 120 Å². The number of benzene rings is 2. The van der Waals surface area contributed by atoms with Crippen molar-refractivity contribution in [2.75, 3.05) is 21.3 Å². The summed E-state index contributed by atoms with van der Waals surface area (Å²) < 4.78 is 10.9. The summed E-state index contributed by atoms with van der Waals surface area (Å²) in [4.78, 5) is 0. The first-order valence-electron chi connectivity index (χ1n) is 6.69. The highest BCUT2D eigenvalue weighted by Gasteiger charge is 2.12. The third kappa shape index (κ3) is 2.78. The van der Waals surface area contributed by atoms with Crippen molar-refractivity contribution in [3.63, 3.8) is 0 Å². The first-order chi connectivity index (χ1) is 9.71. The molecule has 0 aliphatic rings. The largest absolute Gasteiger partial charge is 0.493 e. The van der Waals surface area contributed by atoms with Crippen molar-refractivity contribution < 1.29 is 9.47 Å². The second-order valence-corrected chi connectivity index (χ2v) is 4.68. The van der Waals surface area contributed by atoms with Gasteiger partial charge in [-0.3, -0.25) is 0 Å². The van der Waals surface area contributed by atoms with E-state index in [0.717, 1.165) is 22.6 Å². The van der Waals surface area contributed by atoms with Gasteiger partial charge in [0.25, 0.3) is 0 Å². The molecule has 0 aliphatic heterocycles. The Morgan fingerprint density at radius 2 is 1.75 bits per heavy atom. The maximum Gasteiger partial charge on any atom is 0.168 e. The zero-order valence-electron chi connectivity index (χ0n) is 12.4. The number of hydrogen-bond acceptors (Lipinski definition) is 3. The van der Waals surface area contributed by atoms with E-state index in [1.165, 1.54) is 5.56 Å². The molecule has 0 amide bonds. The number of hydrogen-bond donors (Lipinski definition) is 1. The summed E-state index contributed by atoms with van der Waals surface area (Å²) in [7, 11) is 5.28. The third-order valence-corrected chi connectivity index (χ3v) is 3.53. The molecule has 0 saturated carbocycles. The van der Waals surface area contributed by atoms with E-state index in [1.807, 2.05) is 25.2 Å². The Hall–Kier alpha value is -2.00. The topological polar surface area (TPSA) is 30.5 Å². The SMILES string of the molecule is CNC(C)c1cccc(-c2cccc(OC)c2OC)c1. The van der Waals surface area contributed by atoms with Crippen LogP contribution in [0.3, 0.4) is 0 Å². The predicted octanol–water partition coefficient (Wildman–Crippen LogP) is 3.65. The van der Waals surface area contributed by atoms with Crippen molar-refractivity contribution in [3.8, 4) is 22.6 Å². The van der Waals surface area contributed by atoms with Gasteiger partial charge in [-0.1, -0.05) is 30.3 Å². The Bertz CT molecular complexity index is 581. The van der Waals surface area contributed by atoms with Crippen LogP contribution in [0.15, 0.2) is 42.5 Å².